The van der Waals surface area contributed by atoms with Crippen molar-refractivity contribution < 1.29 is 9.18 Å². The molecule has 0 saturated heterocycles. The van der Waals surface area contributed by atoms with Crippen molar-refractivity contribution in [2.45, 2.75) is 12.8 Å². The van der Waals surface area contributed by atoms with E-state index in [9.17, 15) is 9.18 Å². The summed E-state index contributed by atoms with van der Waals surface area (Å²) in [5.41, 5.74) is 0.526. The fraction of sp³-hybridized carbons (Fsp3) is 0.182. The summed E-state index contributed by atoms with van der Waals surface area (Å²) in [7, 11) is 0. The molecule has 1 nitrogen and oxygen atoms in total. The van der Waals surface area contributed by atoms with Crippen LogP contribution in [0.2, 0.25) is 5.02 Å². The first-order chi connectivity index (χ1) is 6.63. The van der Waals surface area contributed by atoms with E-state index in [-0.39, 0.29) is 24.4 Å². The second kappa shape index (κ2) is 4.91. The van der Waals surface area contributed by atoms with Gasteiger partial charge in [0, 0.05) is 17.9 Å². The van der Waals surface area contributed by atoms with Crippen molar-refractivity contribution in [2.24, 2.45) is 0 Å². The highest BCUT2D eigenvalue weighted by Gasteiger charge is 2.06. The van der Waals surface area contributed by atoms with Crippen molar-refractivity contribution >= 4 is 17.4 Å². The Morgan fingerprint density at radius 1 is 1.57 bits per heavy atom. The van der Waals surface area contributed by atoms with Crippen LogP contribution in [0, 0.1) is 5.82 Å². The normalized spacial score (nSPS) is 9.86. The molecule has 1 aromatic rings. The highest BCUT2D eigenvalue weighted by atomic mass is 35.5. The standard InChI is InChI=1S/C11H10ClFO/c1-2-3-10(14)7-8-6-9(13)4-5-11(8)12/h2,4-6H,1,3,7H2. The van der Waals surface area contributed by atoms with E-state index in [0.717, 1.165) is 0 Å². The maximum absolute atomic E-state index is 12.8. The molecule has 0 amide bonds. The van der Waals surface area contributed by atoms with E-state index in [1.807, 2.05) is 0 Å². The van der Waals surface area contributed by atoms with Gasteiger partial charge in [-0.3, -0.25) is 4.79 Å². The molecule has 0 aliphatic heterocycles. The van der Waals surface area contributed by atoms with Gasteiger partial charge in [0.2, 0.25) is 0 Å². The van der Waals surface area contributed by atoms with Gasteiger partial charge in [0.05, 0.1) is 0 Å². The predicted octanol–water partition coefficient (Wildman–Crippen LogP) is 3.17. The number of benzene rings is 1. The second-order valence-corrected chi connectivity index (χ2v) is 3.35. The summed E-state index contributed by atoms with van der Waals surface area (Å²) in [6.45, 7) is 3.45. The van der Waals surface area contributed by atoms with Crippen molar-refractivity contribution in [3.8, 4) is 0 Å². The molecule has 74 valence electrons. The SMILES string of the molecule is C=CCC(=O)Cc1cc(F)ccc1Cl. The van der Waals surface area contributed by atoms with Gasteiger partial charge < -0.3 is 0 Å². The Hall–Kier alpha value is -1.15. The van der Waals surface area contributed by atoms with Gasteiger partial charge in [-0.15, -0.1) is 6.58 Å². The van der Waals surface area contributed by atoms with Gasteiger partial charge in [-0.05, 0) is 23.8 Å². The van der Waals surface area contributed by atoms with Gasteiger partial charge in [-0.1, -0.05) is 17.7 Å². The van der Waals surface area contributed by atoms with E-state index in [1.165, 1.54) is 24.3 Å². The van der Waals surface area contributed by atoms with Gasteiger partial charge >= 0.3 is 0 Å². The van der Waals surface area contributed by atoms with E-state index < -0.39 is 0 Å². The third-order valence-corrected chi connectivity index (χ3v) is 2.14. The molecule has 3 heteroatoms. The minimum absolute atomic E-state index is 0.0208. The molecule has 0 radical (unpaired) electrons. The number of halogens is 2. The molecule has 0 aromatic heterocycles. The predicted molar refractivity (Wildman–Crippen MR) is 54.9 cm³/mol. The average Bonchev–Trinajstić information content (AvgIpc) is 2.12. The van der Waals surface area contributed by atoms with Crippen molar-refractivity contribution in [3.05, 3.63) is 47.3 Å². The largest absolute Gasteiger partial charge is 0.299 e. The van der Waals surface area contributed by atoms with E-state index in [1.54, 1.807) is 0 Å². The maximum Gasteiger partial charge on any atom is 0.141 e. The number of Topliss-reactive ketones (excluding diaryl/α,β-unsaturated/α-hetero) is 1. The van der Waals surface area contributed by atoms with Crippen LogP contribution >= 0.6 is 11.6 Å². The van der Waals surface area contributed by atoms with Crippen LogP contribution in [0.3, 0.4) is 0 Å². The Morgan fingerprint density at radius 3 is 2.93 bits per heavy atom. The molecule has 0 bridgehead atoms. The van der Waals surface area contributed by atoms with Crippen molar-refractivity contribution in [2.75, 3.05) is 0 Å². The Balaban J connectivity index is 2.80. The van der Waals surface area contributed by atoms with Crippen molar-refractivity contribution in [3.63, 3.8) is 0 Å². The molecule has 0 aliphatic carbocycles. The zero-order valence-electron chi connectivity index (χ0n) is 7.59. The fourth-order valence-electron chi connectivity index (χ4n) is 1.12. The molecule has 0 saturated carbocycles. The Morgan fingerprint density at radius 2 is 2.29 bits per heavy atom. The smallest absolute Gasteiger partial charge is 0.141 e. The lowest BCUT2D eigenvalue weighted by molar-refractivity contribution is -0.117. The number of ketones is 1. The number of hydrogen-bond acceptors (Lipinski definition) is 1. The van der Waals surface area contributed by atoms with Crippen LogP contribution in [0.15, 0.2) is 30.9 Å². The van der Waals surface area contributed by atoms with Crippen LogP contribution in [-0.4, -0.2) is 5.78 Å². The van der Waals surface area contributed by atoms with Crippen molar-refractivity contribution in [1.29, 1.82) is 0 Å². The number of carbonyl (C=O) groups is 1. The molecule has 14 heavy (non-hydrogen) atoms. The monoisotopic (exact) mass is 212 g/mol. The van der Waals surface area contributed by atoms with Gasteiger partial charge in [0.25, 0.3) is 0 Å². The van der Waals surface area contributed by atoms with E-state index in [2.05, 4.69) is 6.58 Å². The average molecular weight is 213 g/mol. The van der Waals surface area contributed by atoms with Crippen LogP contribution in [0.1, 0.15) is 12.0 Å². The van der Waals surface area contributed by atoms with E-state index in [0.29, 0.717) is 10.6 Å². The highest BCUT2D eigenvalue weighted by molar-refractivity contribution is 6.31. The molecule has 0 heterocycles. The van der Waals surface area contributed by atoms with Gasteiger partial charge in [0.1, 0.15) is 11.6 Å². The van der Waals surface area contributed by atoms with Gasteiger partial charge in [-0.25, -0.2) is 4.39 Å². The molecule has 0 spiro atoms. The molecule has 0 unspecified atom stereocenters. The number of rotatable bonds is 4. The Labute approximate surface area is 87.2 Å². The molecule has 1 rings (SSSR count). The lowest BCUT2D eigenvalue weighted by Gasteiger charge is -2.02. The first-order valence-corrected chi connectivity index (χ1v) is 4.58. The zero-order valence-corrected chi connectivity index (χ0v) is 8.35. The number of carbonyl (C=O) groups excluding carboxylic acids is 1. The van der Waals surface area contributed by atoms with Crippen LogP contribution in [-0.2, 0) is 11.2 Å². The van der Waals surface area contributed by atoms with E-state index >= 15 is 0 Å². The summed E-state index contributed by atoms with van der Waals surface area (Å²) >= 11 is 5.80. The van der Waals surface area contributed by atoms with Crippen molar-refractivity contribution in [1.82, 2.24) is 0 Å². The maximum atomic E-state index is 12.8. The second-order valence-electron chi connectivity index (χ2n) is 2.94. The van der Waals surface area contributed by atoms with E-state index in [4.69, 9.17) is 11.6 Å². The molecule has 0 aliphatic rings. The third kappa shape index (κ3) is 2.96. The third-order valence-electron chi connectivity index (χ3n) is 1.77. The fourth-order valence-corrected chi connectivity index (χ4v) is 1.31. The summed E-state index contributed by atoms with van der Waals surface area (Å²) in [4.78, 5) is 11.2. The molecule has 0 N–H and O–H groups in total. The van der Waals surface area contributed by atoms with Crippen LogP contribution in [0.5, 0.6) is 0 Å². The Kier molecular flexibility index (Phi) is 3.84. The molecular weight excluding hydrogens is 203 g/mol. The number of allylic oxidation sites excluding steroid dienone is 1. The molecule has 1 aromatic carbocycles. The quantitative estimate of drug-likeness (QED) is 0.701. The van der Waals surface area contributed by atoms with Crippen LogP contribution < -0.4 is 0 Å². The highest BCUT2D eigenvalue weighted by Crippen LogP contribution is 2.18. The topological polar surface area (TPSA) is 17.1 Å². The lowest BCUT2D eigenvalue weighted by atomic mass is 10.1. The lowest BCUT2D eigenvalue weighted by Crippen LogP contribution is -2.01. The van der Waals surface area contributed by atoms with Crippen LogP contribution in [0.4, 0.5) is 4.39 Å². The van der Waals surface area contributed by atoms with Crippen LogP contribution in [0.25, 0.3) is 0 Å². The molecule has 0 atom stereocenters. The first-order valence-electron chi connectivity index (χ1n) is 4.20. The zero-order chi connectivity index (χ0) is 10.6. The molecular formula is C11H10ClFO. The minimum Gasteiger partial charge on any atom is -0.299 e. The number of hydrogen-bond donors (Lipinski definition) is 0. The van der Waals surface area contributed by atoms with Gasteiger partial charge in [-0.2, -0.15) is 0 Å². The first kappa shape index (κ1) is 10.9. The summed E-state index contributed by atoms with van der Waals surface area (Å²) in [6, 6.07) is 4.00. The summed E-state index contributed by atoms with van der Waals surface area (Å²) in [5, 5.41) is 0.420. The molecule has 0 fully saturated rings. The summed E-state index contributed by atoms with van der Waals surface area (Å²) in [5.74, 6) is -0.400. The minimum atomic E-state index is -0.379. The Bertz CT molecular complexity index is 360. The summed E-state index contributed by atoms with van der Waals surface area (Å²) in [6.07, 6.45) is 1.96. The summed E-state index contributed by atoms with van der Waals surface area (Å²) < 4.78 is 12.8. The van der Waals surface area contributed by atoms with Gasteiger partial charge in [0.15, 0.2) is 0 Å².